The van der Waals surface area contributed by atoms with Crippen LogP contribution in [0.1, 0.15) is 25.7 Å². The van der Waals surface area contributed by atoms with E-state index in [9.17, 15) is 27.0 Å². The third-order valence-corrected chi connectivity index (χ3v) is 9.81. The second-order valence-corrected chi connectivity index (χ2v) is 12.8. The number of piperidine rings is 1. The maximum Gasteiger partial charge on any atom is 0.313 e. The SMILES string of the molecule is CNS(=O)(=O)c1cccc(OC[C@H](O)CNC2CCC3(CCN(S(=O)(=O)c4cnc(O)nc4)CC3)O2)c1. The Morgan fingerprint density at radius 2 is 1.86 bits per heavy atom. The molecule has 0 bridgehead atoms. The molecular weight excluding hydrogens is 526 g/mol. The van der Waals surface area contributed by atoms with Crippen LogP contribution in [0.3, 0.4) is 0 Å². The summed E-state index contributed by atoms with van der Waals surface area (Å²) in [5.41, 5.74) is -0.435. The van der Waals surface area contributed by atoms with Gasteiger partial charge in [0, 0.05) is 25.7 Å². The minimum Gasteiger partial charge on any atom is -0.491 e. The molecule has 1 aromatic carbocycles. The molecule has 37 heavy (non-hydrogen) atoms. The van der Waals surface area contributed by atoms with Crippen molar-refractivity contribution >= 4 is 20.0 Å². The quantitative estimate of drug-likeness (QED) is 0.303. The Morgan fingerprint density at radius 3 is 2.54 bits per heavy atom. The zero-order valence-electron chi connectivity index (χ0n) is 20.3. The molecule has 15 heteroatoms. The second kappa shape index (κ2) is 11.1. The summed E-state index contributed by atoms with van der Waals surface area (Å²) in [6, 6.07) is 5.52. The van der Waals surface area contributed by atoms with E-state index in [-0.39, 0.29) is 42.3 Å². The Bertz CT molecular complexity index is 1280. The van der Waals surface area contributed by atoms with Gasteiger partial charge in [0.15, 0.2) is 0 Å². The van der Waals surface area contributed by atoms with Crippen LogP contribution in [0.5, 0.6) is 11.8 Å². The third-order valence-electron chi connectivity index (χ3n) is 6.55. The topological polar surface area (TPSA) is 180 Å². The van der Waals surface area contributed by atoms with Crippen LogP contribution in [0.4, 0.5) is 0 Å². The van der Waals surface area contributed by atoms with Crippen LogP contribution < -0.4 is 14.8 Å². The van der Waals surface area contributed by atoms with Crippen LogP contribution >= 0.6 is 0 Å². The first kappa shape index (κ1) is 27.6. The smallest absolute Gasteiger partial charge is 0.313 e. The van der Waals surface area contributed by atoms with Gasteiger partial charge in [0.05, 0.1) is 22.9 Å². The number of rotatable bonds is 10. The van der Waals surface area contributed by atoms with Crippen LogP contribution in [-0.2, 0) is 24.8 Å². The third kappa shape index (κ3) is 6.54. The lowest BCUT2D eigenvalue weighted by atomic mass is 9.89. The molecule has 0 aliphatic carbocycles. The summed E-state index contributed by atoms with van der Waals surface area (Å²) in [6.45, 7) is 0.738. The molecule has 4 N–H and O–H groups in total. The molecule has 2 aliphatic rings. The van der Waals surface area contributed by atoms with E-state index in [0.29, 0.717) is 18.6 Å². The molecule has 2 fully saturated rings. The van der Waals surface area contributed by atoms with Crippen molar-refractivity contribution in [3.05, 3.63) is 36.7 Å². The number of aromatic hydroxyl groups is 1. The first-order valence-corrected chi connectivity index (χ1v) is 14.7. The van der Waals surface area contributed by atoms with Gasteiger partial charge in [-0.05, 0) is 44.9 Å². The zero-order chi connectivity index (χ0) is 26.7. The number of sulfonamides is 2. The normalized spacial score (nSPS) is 21.2. The highest BCUT2D eigenvalue weighted by molar-refractivity contribution is 7.89. The number of ether oxygens (including phenoxy) is 2. The van der Waals surface area contributed by atoms with E-state index in [1.807, 2.05) is 0 Å². The van der Waals surface area contributed by atoms with E-state index < -0.39 is 37.8 Å². The van der Waals surface area contributed by atoms with E-state index in [2.05, 4.69) is 20.0 Å². The number of nitrogens with one attached hydrogen (secondary N) is 2. The summed E-state index contributed by atoms with van der Waals surface area (Å²) < 4.78 is 64.9. The molecule has 0 radical (unpaired) electrons. The molecule has 1 unspecified atom stereocenters. The van der Waals surface area contributed by atoms with Gasteiger partial charge in [0.2, 0.25) is 20.0 Å². The zero-order valence-corrected chi connectivity index (χ0v) is 21.9. The van der Waals surface area contributed by atoms with E-state index in [0.717, 1.165) is 25.2 Å². The summed E-state index contributed by atoms with van der Waals surface area (Å²) in [6.07, 6.45) is 3.57. The van der Waals surface area contributed by atoms with Crippen molar-refractivity contribution in [2.24, 2.45) is 0 Å². The van der Waals surface area contributed by atoms with Gasteiger partial charge in [-0.15, -0.1) is 0 Å². The average molecular weight is 558 g/mol. The largest absolute Gasteiger partial charge is 0.491 e. The van der Waals surface area contributed by atoms with Gasteiger partial charge in [0.25, 0.3) is 0 Å². The highest BCUT2D eigenvalue weighted by Gasteiger charge is 2.44. The molecule has 2 aliphatic heterocycles. The molecule has 0 saturated carbocycles. The van der Waals surface area contributed by atoms with Crippen molar-refractivity contribution in [2.75, 3.05) is 33.3 Å². The summed E-state index contributed by atoms with van der Waals surface area (Å²) >= 11 is 0. The first-order valence-electron chi connectivity index (χ1n) is 11.8. The maximum absolute atomic E-state index is 12.8. The van der Waals surface area contributed by atoms with Gasteiger partial charge in [0.1, 0.15) is 29.6 Å². The van der Waals surface area contributed by atoms with Crippen LogP contribution in [0.15, 0.2) is 46.5 Å². The van der Waals surface area contributed by atoms with Crippen LogP contribution in [0.25, 0.3) is 0 Å². The van der Waals surface area contributed by atoms with Crippen molar-refractivity contribution in [1.29, 1.82) is 0 Å². The number of aliphatic hydroxyl groups excluding tert-OH is 1. The molecule has 2 atom stereocenters. The van der Waals surface area contributed by atoms with Gasteiger partial charge >= 0.3 is 6.01 Å². The molecule has 0 amide bonds. The van der Waals surface area contributed by atoms with Gasteiger partial charge in [-0.3, -0.25) is 5.32 Å². The van der Waals surface area contributed by atoms with Crippen LogP contribution in [0.2, 0.25) is 0 Å². The standard InChI is InChI=1S/C22H31N5O8S2/c1-23-36(30,31)18-4-2-3-17(11-18)34-15-16(28)12-24-20-5-6-22(35-20)7-9-27(10-8-22)37(32,33)19-13-25-21(29)26-14-19/h2-4,11,13-14,16,20,23-24,28H,5-10,12,15H2,1H3,(H,25,26,29)/t16-,20?/m1/s1. The molecular formula is C22H31N5O8S2. The van der Waals surface area contributed by atoms with Crippen molar-refractivity contribution in [1.82, 2.24) is 24.3 Å². The van der Waals surface area contributed by atoms with Crippen LogP contribution in [0, 0.1) is 0 Å². The van der Waals surface area contributed by atoms with E-state index in [1.54, 1.807) is 12.1 Å². The average Bonchev–Trinajstić information content (AvgIpc) is 3.29. The molecule has 13 nitrogen and oxygen atoms in total. The van der Waals surface area contributed by atoms with Gasteiger partial charge in [-0.2, -0.15) is 4.31 Å². The number of aromatic nitrogens is 2. The number of benzene rings is 1. The van der Waals surface area contributed by atoms with Crippen molar-refractivity contribution in [2.45, 2.75) is 53.4 Å². The number of hydrogen-bond donors (Lipinski definition) is 4. The molecule has 204 valence electrons. The number of hydrogen-bond acceptors (Lipinski definition) is 11. The fourth-order valence-corrected chi connectivity index (χ4v) is 6.52. The van der Waals surface area contributed by atoms with Gasteiger partial charge < -0.3 is 19.7 Å². The Kier molecular flexibility index (Phi) is 8.32. The van der Waals surface area contributed by atoms with Gasteiger partial charge in [-0.1, -0.05) is 6.07 Å². The molecule has 3 heterocycles. The molecule has 4 rings (SSSR count). The lowest BCUT2D eigenvalue weighted by Crippen LogP contribution is -2.47. The van der Waals surface area contributed by atoms with E-state index in [1.165, 1.54) is 23.5 Å². The highest BCUT2D eigenvalue weighted by atomic mass is 32.2. The highest BCUT2D eigenvalue weighted by Crippen LogP contribution is 2.39. The minimum absolute atomic E-state index is 0.0400. The summed E-state index contributed by atoms with van der Waals surface area (Å²) in [7, 11) is -6.03. The Morgan fingerprint density at radius 1 is 1.16 bits per heavy atom. The van der Waals surface area contributed by atoms with Crippen molar-refractivity contribution < 1.29 is 36.5 Å². The Hall–Kier alpha value is -2.40. The monoisotopic (exact) mass is 557 g/mol. The Labute approximate surface area is 215 Å². The summed E-state index contributed by atoms with van der Waals surface area (Å²) in [4.78, 5) is 7.11. The molecule has 1 spiro atoms. The minimum atomic E-state index is -3.76. The van der Waals surface area contributed by atoms with Crippen molar-refractivity contribution in [3.63, 3.8) is 0 Å². The van der Waals surface area contributed by atoms with Crippen molar-refractivity contribution in [3.8, 4) is 11.8 Å². The summed E-state index contributed by atoms with van der Waals surface area (Å²) in [5, 5.41) is 22.7. The fourth-order valence-electron chi connectivity index (χ4n) is 4.42. The van der Waals surface area contributed by atoms with Crippen LogP contribution in [-0.4, -0.2) is 92.5 Å². The Balaban J connectivity index is 1.22. The van der Waals surface area contributed by atoms with Gasteiger partial charge in [-0.25, -0.2) is 31.5 Å². The molecule has 2 saturated heterocycles. The number of aliphatic hydroxyl groups is 1. The van der Waals surface area contributed by atoms with E-state index >= 15 is 0 Å². The maximum atomic E-state index is 12.8. The molecule has 1 aromatic heterocycles. The summed E-state index contributed by atoms with van der Waals surface area (Å²) in [5.74, 6) is 0.326. The fraction of sp³-hybridized carbons (Fsp3) is 0.545. The van der Waals surface area contributed by atoms with E-state index in [4.69, 9.17) is 9.47 Å². The number of nitrogens with zero attached hydrogens (tertiary/aromatic N) is 3. The first-order chi connectivity index (χ1) is 17.5. The molecule has 2 aromatic rings. The lowest BCUT2D eigenvalue weighted by Gasteiger charge is -2.38. The predicted molar refractivity (Wildman–Crippen MR) is 131 cm³/mol. The second-order valence-electron chi connectivity index (χ2n) is 9.01. The predicted octanol–water partition coefficient (Wildman–Crippen LogP) is -0.220. The lowest BCUT2D eigenvalue weighted by molar-refractivity contribution is -0.0809.